The number of carbonyl (C=O) groups excluding carboxylic acids is 2. The molecule has 4 aliphatic rings. The Hall–Kier alpha value is -2.79. The third-order valence-electron chi connectivity index (χ3n) is 5.73. The van der Waals surface area contributed by atoms with E-state index < -0.39 is 23.5 Å². The number of halogens is 3. The second-order valence-electron chi connectivity index (χ2n) is 8.09. The fraction of sp³-hybridized carbons (Fsp3) is 0.625. The number of alkyl halides is 3. The molecule has 4 saturated heterocycles. The van der Waals surface area contributed by atoms with Gasteiger partial charge in [0, 0.05) is 31.6 Å². The van der Waals surface area contributed by atoms with Gasteiger partial charge >= 0.3 is 18.3 Å². The molecule has 5 heterocycles. The number of cyclic esters (lactones) is 1. The van der Waals surface area contributed by atoms with Crippen molar-refractivity contribution in [2.75, 3.05) is 50.8 Å². The molecule has 5 rings (SSSR count). The average molecular weight is 398 g/mol. The lowest BCUT2D eigenvalue weighted by molar-refractivity contribution is -0.141. The third kappa shape index (κ3) is 2.61. The third-order valence-corrected chi connectivity index (χ3v) is 5.73. The lowest BCUT2D eigenvalue weighted by Gasteiger charge is -2.61. The molecule has 28 heavy (non-hydrogen) atoms. The van der Waals surface area contributed by atoms with E-state index in [4.69, 9.17) is 4.74 Å². The van der Waals surface area contributed by atoms with Gasteiger partial charge in [0.25, 0.3) is 0 Å². The number of aromatic nitrogens is 2. The molecule has 1 aromatic rings. The molecule has 0 saturated carbocycles. The smallest absolute Gasteiger partial charge is 0.434 e. The Balaban J connectivity index is 1.11. The summed E-state index contributed by atoms with van der Waals surface area (Å²) in [5, 5.41) is 2.74. The number of urea groups is 1. The highest BCUT2D eigenvalue weighted by Gasteiger charge is 2.57. The maximum absolute atomic E-state index is 12.6. The Morgan fingerprint density at radius 1 is 1.07 bits per heavy atom. The summed E-state index contributed by atoms with van der Waals surface area (Å²) >= 11 is 0. The van der Waals surface area contributed by atoms with Crippen LogP contribution in [0.25, 0.3) is 0 Å². The summed E-state index contributed by atoms with van der Waals surface area (Å²) in [6.07, 6.45) is -3.08. The minimum atomic E-state index is -4.50. The van der Waals surface area contributed by atoms with Crippen LogP contribution in [-0.2, 0) is 10.9 Å². The first-order chi connectivity index (χ1) is 13.2. The van der Waals surface area contributed by atoms with Gasteiger partial charge in [0.2, 0.25) is 0 Å². The van der Waals surface area contributed by atoms with Crippen molar-refractivity contribution in [3.05, 3.63) is 18.1 Å². The molecule has 150 valence electrons. The van der Waals surface area contributed by atoms with Gasteiger partial charge in [-0.25, -0.2) is 19.6 Å². The van der Waals surface area contributed by atoms with Crippen LogP contribution in [-0.4, -0.2) is 83.3 Å². The fourth-order valence-corrected chi connectivity index (χ4v) is 4.34. The van der Waals surface area contributed by atoms with Gasteiger partial charge in [0.1, 0.15) is 18.0 Å². The van der Waals surface area contributed by atoms with Crippen LogP contribution in [0.5, 0.6) is 0 Å². The van der Waals surface area contributed by atoms with Crippen LogP contribution in [0, 0.1) is 5.41 Å². The number of nitrogens with one attached hydrogen (secondary N) is 1. The summed E-state index contributed by atoms with van der Waals surface area (Å²) in [5.74, 6) is 0.407. The molecule has 4 aliphatic heterocycles. The molecule has 0 unspecified atom stereocenters. The number of nitrogens with zero attached hydrogens (tertiary/aromatic N) is 5. The van der Waals surface area contributed by atoms with Crippen molar-refractivity contribution in [2.24, 2.45) is 5.41 Å². The lowest BCUT2D eigenvalue weighted by Crippen LogP contribution is -2.77. The molecule has 4 fully saturated rings. The minimum absolute atomic E-state index is 0.0344. The predicted octanol–water partition coefficient (Wildman–Crippen LogP) is 0.532. The summed E-state index contributed by atoms with van der Waals surface area (Å²) in [4.78, 5) is 36.2. The Bertz CT molecular complexity index is 825. The van der Waals surface area contributed by atoms with E-state index in [-0.39, 0.29) is 18.1 Å². The topological polar surface area (TPSA) is 90.9 Å². The van der Waals surface area contributed by atoms with Crippen LogP contribution in [0.15, 0.2) is 12.4 Å². The molecular formula is C16H17F3N6O3. The molecule has 0 aliphatic carbocycles. The van der Waals surface area contributed by atoms with Gasteiger partial charge in [-0.3, -0.25) is 0 Å². The first-order valence-corrected chi connectivity index (χ1v) is 8.80. The molecule has 0 aromatic carbocycles. The van der Waals surface area contributed by atoms with E-state index in [1.165, 1.54) is 0 Å². The van der Waals surface area contributed by atoms with E-state index in [2.05, 4.69) is 15.3 Å². The summed E-state index contributed by atoms with van der Waals surface area (Å²) in [5.41, 5.74) is -1.49. The van der Waals surface area contributed by atoms with Crippen molar-refractivity contribution >= 4 is 17.9 Å². The molecular weight excluding hydrogens is 381 g/mol. The quantitative estimate of drug-likeness (QED) is 0.742. The van der Waals surface area contributed by atoms with Gasteiger partial charge in [-0.1, -0.05) is 0 Å². The van der Waals surface area contributed by atoms with Gasteiger partial charge in [-0.15, -0.1) is 0 Å². The van der Waals surface area contributed by atoms with Crippen LogP contribution >= 0.6 is 0 Å². The summed E-state index contributed by atoms with van der Waals surface area (Å²) < 4.78 is 42.6. The highest BCUT2D eigenvalue weighted by atomic mass is 19.4. The Labute approximate surface area is 157 Å². The Morgan fingerprint density at radius 2 is 1.75 bits per heavy atom. The Morgan fingerprint density at radius 3 is 2.29 bits per heavy atom. The normalized spacial score (nSPS) is 24.4. The van der Waals surface area contributed by atoms with E-state index in [0.29, 0.717) is 45.1 Å². The molecule has 9 nitrogen and oxygen atoms in total. The number of rotatable bonds is 1. The largest absolute Gasteiger partial charge is 0.447 e. The second-order valence-corrected chi connectivity index (χ2v) is 8.09. The number of carbonyl (C=O) groups is 2. The molecule has 1 N–H and O–H groups in total. The van der Waals surface area contributed by atoms with Crippen LogP contribution < -0.4 is 10.2 Å². The second kappa shape index (κ2) is 5.39. The van der Waals surface area contributed by atoms with Crippen LogP contribution in [0.3, 0.4) is 0 Å². The van der Waals surface area contributed by atoms with Crippen molar-refractivity contribution < 1.29 is 27.5 Å². The first kappa shape index (κ1) is 17.3. The maximum atomic E-state index is 12.6. The van der Waals surface area contributed by atoms with Crippen LogP contribution in [0.4, 0.5) is 28.6 Å². The van der Waals surface area contributed by atoms with Gasteiger partial charge < -0.3 is 24.8 Å². The standard InChI is InChI=1S/C16H17F3N6O3/c17-16(18,19)10-1-21-11(2-20-10)23-3-14(4-23)5-24(6-14)13(27)25-7-15(8-25)9-28-12(26)22-15/h1-2H,3-9H2,(H,22,26). The monoisotopic (exact) mass is 398 g/mol. The Kier molecular flexibility index (Phi) is 3.33. The van der Waals surface area contributed by atoms with Crippen molar-refractivity contribution in [3.63, 3.8) is 0 Å². The van der Waals surface area contributed by atoms with Crippen LogP contribution in [0.2, 0.25) is 0 Å². The molecule has 12 heteroatoms. The van der Waals surface area contributed by atoms with E-state index in [1.54, 1.807) is 9.80 Å². The van der Waals surface area contributed by atoms with E-state index in [9.17, 15) is 22.8 Å². The van der Waals surface area contributed by atoms with Gasteiger partial charge in [-0.05, 0) is 0 Å². The van der Waals surface area contributed by atoms with E-state index >= 15 is 0 Å². The zero-order chi connectivity index (χ0) is 19.7. The number of anilines is 1. The van der Waals surface area contributed by atoms with Gasteiger partial charge in [-0.2, -0.15) is 13.2 Å². The number of amides is 3. The first-order valence-electron chi connectivity index (χ1n) is 8.80. The van der Waals surface area contributed by atoms with Crippen molar-refractivity contribution in [2.45, 2.75) is 11.7 Å². The molecule has 2 spiro atoms. The van der Waals surface area contributed by atoms with E-state index in [0.717, 1.165) is 12.4 Å². The van der Waals surface area contributed by atoms with Gasteiger partial charge in [0.05, 0.1) is 25.5 Å². The summed E-state index contributed by atoms with van der Waals surface area (Å²) in [6.45, 7) is 3.62. The SMILES string of the molecule is O=C1NC2(CO1)CN(C(=O)N1CC3(C1)CN(c1cnc(C(F)(F)F)cn1)C3)C2. The number of alkyl carbamates (subject to hydrolysis) is 1. The zero-order valence-electron chi connectivity index (χ0n) is 14.7. The highest BCUT2D eigenvalue weighted by Crippen LogP contribution is 2.42. The molecule has 1 aromatic heterocycles. The van der Waals surface area contributed by atoms with Crippen molar-refractivity contribution in [3.8, 4) is 0 Å². The summed E-state index contributed by atoms with van der Waals surface area (Å²) in [7, 11) is 0. The van der Waals surface area contributed by atoms with Crippen LogP contribution in [0.1, 0.15) is 5.69 Å². The van der Waals surface area contributed by atoms with Crippen molar-refractivity contribution in [1.29, 1.82) is 0 Å². The number of ether oxygens (including phenoxy) is 1. The average Bonchev–Trinajstić information content (AvgIpc) is 2.92. The van der Waals surface area contributed by atoms with Crippen molar-refractivity contribution in [1.82, 2.24) is 25.1 Å². The minimum Gasteiger partial charge on any atom is -0.447 e. The molecule has 3 amide bonds. The number of likely N-dealkylation sites (tertiary alicyclic amines) is 2. The predicted molar refractivity (Wildman–Crippen MR) is 87.4 cm³/mol. The van der Waals surface area contributed by atoms with Gasteiger partial charge in [0.15, 0.2) is 5.69 Å². The molecule has 0 bridgehead atoms. The number of hydrogen-bond donors (Lipinski definition) is 1. The summed E-state index contributed by atoms with van der Waals surface area (Å²) in [6, 6.07) is -0.0647. The van der Waals surface area contributed by atoms with E-state index in [1.807, 2.05) is 4.90 Å². The number of hydrogen-bond acceptors (Lipinski definition) is 6. The zero-order valence-corrected chi connectivity index (χ0v) is 14.7. The fourth-order valence-electron chi connectivity index (χ4n) is 4.34. The maximum Gasteiger partial charge on any atom is 0.434 e. The lowest BCUT2D eigenvalue weighted by atomic mass is 9.73. The molecule has 0 atom stereocenters. The highest BCUT2D eigenvalue weighted by molar-refractivity contribution is 5.79. The molecule has 0 radical (unpaired) electrons.